The minimum atomic E-state index is -0.278. The van der Waals surface area contributed by atoms with Gasteiger partial charge in [0.25, 0.3) is 0 Å². The predicted molar refractivity (Wildman–Crippen MR) is 62.8 cm³/mol. The summed E-state index contributed by atoms with van der Waals surface area (Å²) in [7, 11) is 0. The van der Waals surface area contributed by atoms with E-state index >= 15 is 0 Å². The zero-order valence-electron chi connectivity index (χ0n) is 9.49. The molecule has 1 aliphatic heterocycles. The van der Waals surface area contributed by atoms with Crippen LogP contribution in [0.2, 0.25) is 5.02 Å². The Morgan fingerprint density at radius 3 is 2.94 bits per heavy atom. The highest BCUT2D eigenvalue weighted by molar-refractivity contribution is 6.32. The smallest absolute Gasteiger partial charge is 0.310 e. The molecule has 0 unspecified atom stereocenters. The van der Waals surface area contributed by atoms with Crippen molar-refractivity contribution in [1.82, 2.24) is 0 Å². The number of carbonyl (C=O) groups is 1. The molecule has 0 saturated heterocycles. The minimum absolute atomic E-state index is 0.185. The zero-order chi connectivity index (χ0) is 12.3. The second kappa shape index (κ2) is 5.27. The molecule has 17 heavy (non-hydrogen) atoms. The summed E-state index contributed by atoms with van der Waals surface area (Å²) in [4.78, 5) is 11.4. The van der Waals surface area contributed by atoms with Crippen molar-refractivity contribution in [2.45, 2.75) is 13.3 Å². The van der Waals surface area contributed by atoms with Crippen LogP contribution in [-0.4, -0.2) is 25.8 Å². The lowest BCUT2D eigenvalue weighted by molar-refractivity contribution is -0.142. The van der Waals surface area contributed by atoms with Gasteiger partial charge >= 0.3 is 5.97 Å². The van der Waals surface area contributed by atoms with E-state index in [1.165, 1.54) is 0 Å². The van der Waals surface area contributed by atoms with Gasteiger partial charge in [0.05, 0.1) is 18.1 Å². The van der Waals surface area contributed by atoms with Crippen LogP contribution >= 0.6 is 11.6 Å². The fourth-order valence-electron chi connectivity index (χ4n) is 1.64. The molecule has 0 spiro atoms. The molecule has 1 aromatic carbocycles. The normalized spacial score (nSPS) is 13.3. The van der Waals surface area contributed by atoms with Gasteiger partial charge < -0.3 is 14.2 Å². The Labute approximate surface area is 104 Å². The van der Waals surface area contributed by atoms with Crippen molar-refractivity contribution < 1.29 is 19.0 Å². The van der Waals surface area contributed by atoms with Gasteiger partial charge in [-0.25, -0.2) is 0 Å². The number of ether oxygens (including phenoxy) is 3. The van der Waals surface area contributed by atoms with Gasteiger partial charge in [0.15, 0.2) is 11.5 Å². The first-order valence-electron chi connectivity index (χ1n) is 5.44. The van der Waals surface area contributed by atoms with E-state index in [0.29, 0.717) is 36.3 Å². The van der Waals surface area contributed by atoms with Gasteiger partial charge in [-0.2, -0.15) is 0 Å². The third-order valence-corrected chi connectivity index (χ3v) is 2.59. The van der Waals surface area contributed by atoms with Gasteiger partial charge in [-0.05, 0) is 24.6 Å². The molecule has 0 aliphatic carbocycles. The second-order valence-corrected chi connectivity index (χ2v) is 3.99. The van der Waals surface area contributed by atoms with Crippen LogP contribution in [0.1, 0.15) is 12.5 Å². The number of carbonyl (C=O) groups excluding carboxylic acids is 1. The zero-order valence-corrected chi connectivity index (χ0v) is 10.3. The molecule has 0 bridgehead atoms. The fraction of sp³-hybridized carbons (Fsp3) is 0.417. The van der Waals surface area contributed by atoms with Gasteiger partial charge in [-0.15, -0.1) is 0 Å². The maximum atomic E-state index is 11.4. The van der Waals surface area contributed by atoms with Crippen molar-refractivity contribution in [3.8, 4) is 11.5 Å². The molecule has 1 aromatic rings. The second-order valence-electron chi connectivity index (χ2n) is 3.58. The van der Waals surface area contributed by atoms with Crippen LogP contribution in [0.5, 0.6) is 11.5 Å². The number of esters is 1. The van der Waals surface area contributed by atoms with Gasteiger partial charge in [-0.3, -0.25) is 4.79 Å². The summed E-state index contributed by atoms with van der Waals surface area (Å²) < 4.78 is 15.7. The first-order chi connectivity index (χ1) is 8.20. The van der Waals surface area contributed by atoms with Crippen LogP contribution < -0.4 is 9.47 Å². The third-order valence-electron chi connectivity index (χ3n) is 2.31. The average molecular weight is 257 g/mol. The molecule has 92 valence electrons. The lowest BCUT2D eigenvalue weighted by Gasteiger charge is -2.20. The Kier molecular flexibility index (Phi) is 3.74. The first kappa shape index (κ1) is 12.0. The average Bonchev–Trinajstić information content (AvgIpc) is 2.29. The highest BCUT2D eigenvalue weighted by Crippen LogP contribution is 2.38. The number of fused-ring (bicyclic) bond motifs is 1. The Hall–Kier alpha value is -1.42. The molecular weight excluding hydrogens is 244 g/mol. The van der Waals surface area contributed by atoms with E-state index in [0.717, 1.165) is 5.56 Å². The predicted octanol–water partition coefficient (Wildman–Crippen LogP) is 2.22. The molecular formula is C12H13ClO4. The molecule has 0 saturated carbocycles. The summed E-state index contributed by atoms with van der Waals surface area (Å²) in [5.41, 5.74) is 0.762. The third kappa shape index (κ3) is 2.82. The number of benzene rings is 1. The number of hydrogen-bond acceptors (Lipinski definition) is 4. The van der Waals surface area contributed by atoms with Crippen LogP contribution in [0.25, 0.3) is 0 Å². The highest BCUT2D eigenvalue weighted by atomic mass is 35.5. The quantitative estimate of drug-likeness (QED) is 0.778. The van der Waals surface area contributed by atoms with Crippen LogP contribution in [0.4, 0.5) is 0 Å². The van der Waals surface area contributed by atoms with Gasteiger partial charge in [0, 0.05) is 0 Å². The Balaban J connectivity index is 2.19. The Morgan fingerprint density at radius 1 is 1.41 bits per heavy atom. The molecule has 0 N–H and O–H groups in total. The van der Waals surface area contributed by atoms with Crippen molar-refractivity contribution in [3.05, 3.63) is 22.7 Å². The summed E-state index contributed by atoms with van der Waals surface area (Å²) in [6.07, 6.45) is 0.185. The Bertz CT molecular complexity index is 431. The monoisotopic (exact) mass is 256 g/mol. The maximum Gasteiger partial charge on any atom is 0.310 e. The Morgan fingerprint density at radius 2 is 2.18 bits per heavy atom. The standard InChI is InChI=1S/C12H13ClO4/c1-2-15-11(14)7-8-5-9(13)12-10(6-8)16-3-4-17-12/h5-6H,2-4,7H2,1H3. The summed E-state index contributed by atoms with van der Waals surface area (Å²) in [5, 5.41) is 0.460. The molecule has 0 fully saturated rings. The largest absolute Gasteiger partial charge is 0.486 e. The number of rotatable bonds is 3. The summed E-state index contributed by atoms with van der Waals surface area (Å²) >= 11 is 6.05. The lowest BCUT2D eigenvalue weighted by Crippen LogP contribution is -2.16. The SMILES string of the molecule is CCOC(=O)Cc1cc(Cl)c2c(c1)OCCO2. The summed E-state index contributed by atoms with van der Waals surface area (Å²) in [6, 6.07) is 3.46. The molecule has 0 atom stereocenters. The van der Waals surface area contributed by atoms with Crippen molar-refractivity contribution >= 4 is 17.6 Å². The molecule has 1 aliphatic rings. The van der Waals surface area contributed by atoms with E-state index < -0.39 is 0 Å². The fourth-order valence-corrected chi connectivity index (χ4v) is 1.93. The van der Waals surface area contributed by atoms with Crippen LogP contribution in [0.3, 0.4) is 0 Å². The molecule has 5 heteroatoms. The maximum absolute atomic E-state index is 11.4. The van der Waals surface area contributed by atoms with Gasteiger partial charge in [0.1, 0.15) is 13.2 Å². The van der Waals surface area contributed by atoms with E-state index in [2.05, 4.69) is 0 Å². The molecule has 4 nitrogen and oxygen atoms in total. The number of hydrogen-bond donors (Lipinski definition) is 0. The number of halogens is 1. The van der Waals surface area contributed by atoms with Crippen LogP contribution in [0, 0.1) is 0 Å². The summed E-state index contributed by atoms with van der Waals surface area (Å²) in [5.74, 6) is 0.855. The molecule has 1 heterocycles. The van der Waals surface area contributed by atoms with E-state index in [1.54, 1.807) is 19.1 Å². The van der Waals surface area contributed by atoms with E-state index in [9.17, 15) is 4.79 Å². The van der Waals surface area contributed by atoms with E-state index in [4.69, 9.17) is 25.8 Å². The first-order valence-corrected chi connectivity index (χ1v) is 5.82. The molecule has 0 radical (unpaired) electrons. The van der Waals surface area contributed by atoms with E-state index in [-0.39, 0.29) is 12.4 Å². The van der Waals surface area contributed by atoms with E-state index in [1.807, 2.05) is 0 Å². The van der Waals surface area contributed by atoms with Crippen molar-refractivity contribution in [2.75, 3.05) is 19.8 Å². The summed E-state index contributed by atoms with van der Waals surface area (Å²) in [6.45, 7) is 3.13. The molecule has 0 amide bonds. The molecule has 0 aromatic heterocycles. The van der Waals surface area contributed by atoms with Gasteiger partial charge in [0.2, 0.25) is 0 Å². The highest BCUT2D eigenvalue weighted by Gasteiger charge is 2.17. The molecule has 2 rings (SSSR count). The van der Waals surface area contributed by atoms with Crippen LogP contribution in [-0.2, 0) is 16.0 Å². The minimum Gasteiger partial charge on any atom is -0.486 e. The van der Waals surface area contributed by atoms with Crippen molar-refractivity contribution in [3.63, 3.8) is 0 Å². The van der Waals surface area contributed by atoms with Crippen molar-refractivity contribution in [2.24, 2.45) is 0 Å². The van der Waals surface area contributed by atoms with Crippen molar-refractivity contribution in [1.29, 1.82) is 0 Å². The van der Waals surface area contributed by atoms with Gasteiger partial charge in [-0.1, -0.05) is 11.6 Å². The lowest BCUT2D eigenvalue weighted by atomic mass is 10.1. The van der Waals surface area contributed by atoms with Crippen LogP contribution in [0.15, 0.2) is 12.1 Å². The topological polar surface area (TPSA) is 44.8 Å².